The van der Waals surface area contributed by atoms with E-state index in [1.54, 1.807) is 0 Å². The predicted molar refractivity (Wildman–Crippen MR) is 65.8 cm³/mol. The molecule has 0 spiro atoms. The van der Waals surface area contributed by atoms with Crippen LogP contribution in [-0.2, 0) is 4.79 Å². The van der Waals surface area contributed by atoms with Crippen molar-refractivity contribution in [2.75, 3.05) is 27.7 Å². The smallest absolute Gasteiger partial charge is 0.138 e. The molecule has 90 valence electrons. The van der Waals surface area contributed by atoms with E-state index >= 15 is 0 Å². The summed E-state index contributed by atoms with van der Waals surface area (Å²) in [5.74, 6) is 0.396. The van der Waals surface area contributed by atoms with E-state index in [1.807, 2.05) is 20.8 Å². The molecule has 0 rings (SSSR count). The molecule has 0 saturated heterocycles. The van der Waals surface area contributed by atoms with Crippen molar-refractivity contribution in [2.24, 2.45) is 5.41 Å². The highest BCUT2D eigenvalue weighted by atomic mass is 16.1. The van der Waals surface area contributed by atoms with Gasteiger partial charge in [-0.3, -0.25) is 4.79 Å². The first-order valence-electron chi connectivity index (χ1n) is 5.97. The minimum absolute atomic E-state index is 0.153. The molecule has 0 N–H and O–H groups in total. The largest absolute Gasteiger partial charge is 0.331 e. The van der Waals surface area contributed by atoms with E-state index in [4.69, 9.17) is 0 Å². The fourth-order valence-corrected chi connectivity index (χ4v) is 1.42. The molecule has 2 nitrogen and oxygen atoms in total. The van der Waals surface area contributed by atoms with Crippen molar-refractivity contribution < 1.29 is 9.28 Å². The van der Waals surface area contributed by atoms with Gasteiger partial charge in [0.25, 0.3) is 0 Å². The Kier molecular flexibility index (Phi) is 5.50. The van der Waals surface area contributed by atoms with E-state index in [1.165, 1.54) is 19.4 Å². The fraction of sp³-hybridized carbons (Fsp3) is 0.923. The molecule has 2 heteroatoms. The van der Waals surface area contributed by atoms with E-state index in [-0.39, 0.29) is 5.41 Å². The lowest BCUT2D eigenvalue weighted by atomic mass is 9.88. The molecule has 0 aromatic carbocycles. The third kappa shape index (κ3) is 8.61. The van der Waals surface area contributed by atoms with E-state index in [0.29, 0.717) is 5.78 Å². The van der Waals surface area contributed by atoms with Crippen LogP contribution in [0.1, 0.15) is 46.5 Å². The van der Waals surface area contributed by atoms with Crippen LogP contribution in [0, 0.1) is 5.41 Å². The minimum Gasteiger partial charge on any atom is -0.331 e. The van der Waals surface area contributed by atoms with Gasteiger partial charge in [0.05, 0.1) is 27.7 Å². The first-order valence-corrected chi connectivity index (χ1v) is 5.97. The summed E-state index contributed by atoms with van der Waals surface area (Å²) < 4.78 is 1.02. The Hall–Kier alpha value is -0.370. The maximum atomic E-state index is 11.6. The number of carbonyl (C=O) groups excluding carboxylic acids is 1. The number of quaternary nitrogens is 1. The Morgan fingerprint density at radius 3 is 1.93 bits per heavy atom. The Morgan fingerprint density at radius 2 is 1.53 bits per heavy atom. The lowest BCUT2D eigenvalue weighted by Gasteiger charge is -2.23. The van der Waals surface area contributed by atoms with Crippen LogP contribution in [0.25, 0.3) is 0 Å². The molecule has 15 heavy (non-hydrogen) atoms. The van der Waals surface area contributed by atoms with Crippen LogP contribution in [-0.4, -0.2) is 38.0 Å². The summed E-state index contributed by atoms with van der Waals surface area (Å²) in [5, 5.41) is 0. The average Bonchev–Trinajstić information content (AvgIpc) is 1.99. The molecule has 0 aliphatic heterocycles. The molecule has 0 radical (unpaired) electrons. The molecule has 0 fully saturated rings. The van der Waals surface area contributed by atoms with Crippen LogP contribution < -0.4 is 0 Å². The standard InChI is InChI=1S/C13H28NO/c1-13(2,3)12(15)10-8-7-9-11-14(4,5)6/h7-11H2,1-6H3/q+1. The molecular weight excluding hydrogens is 186 g/mol. The average molecular weight is 214 g/mol. The number of rotatable bonds is 6. The van der Waals surface area contributed by atoms with Crippen LogP contribution in [0.15, 0.2) is 0 Å². The Balaban J connectivity index is 3.53. The quantitative estimate of drug-likeness (QED) is 0.491. The van der Waals surface area contributed by atoms with E-state index in [2.05, 4.69) is 21.1 Å². The lowest BCUT2D eigenvalue weighted by Crippen LogP contribution is -2.35. The van der Waals surface area contributed by atoms with E-state index in [0.717, 1.165) is 17.3 Å². The molecule has 0 aromatic rings. The van der Waals surface area contributed by atoms with Gasteiger partial charge in [0, 0.05) is 11.8 Å². The van der Waals surface area contributed by atoms with Gasteiger partial charge in [-0.25, -0.2) is 0 Å². The highest BCUT2D eigenvalue weighted by Crippen LogP contribution is 2.18. The van der Waals surface area contributed by atoms with Gasteiger partial charge < -0.3 is 4.48 Å². The molecule has 0 atom stereocenters. The van der Waals surface area contributed by atoms with Crippen molar-refractivity contribution in [3.05, 3.63) is 0 Å². The van der Waals surface area contributed by atoms with Gasteiger partial charge in [-0.1, -0.05) is 20.8 Å². The zero-order valence-corrected chi connectivity index (χ0v) is 11.4. The van der Waals surface area contributed by atoms with Gasteiger partial charge in [0.15, 0.2) is 0 Å². The van der Waals surface area contributed by atoms with Crippen molar-refractivity contribution in [3.63, 3.8) is 0 Å². The number of unbranched alkanes of at least 4 members (excludes halogenated alkanes) is 2. The summed E-state index contributed by atoms with van der Waals surface area (Å²) in [6.07, 6.45) is 4.20. The van der Waals surface area contributed by atoms with Crippen LogP contribution in [0.2, 0.25) is 0 Å². The van der Waals surface area contributed by atoms with Crippen LogP contribution in [0.4, 0.5) is 0 Å². The van der Waals surface area contributed by atoms with Gasteiger partial charge in [-0.2, -0.15) is 0 Å². The van der Waals surface area contributed by atoms with Gasteiger partial charge >= 0.3 is 0 Å². The summed E-state index contributed by atoms with van der Waals surface area (Å²) in [6, 6.07) is 0. The van der Waals surface area contributed by atoms with Gasteiger partial charge in [0.2, 0.25) is 0 Å². The SMILES string of the molecule is CC(C)(C)C(=O)CCCCC[N+](C)(C)C. The normalized spacial score (nSPS) is 12.9. The fourth-order valence-electron chi connectivity index (χ4n) is 1.42. The second-order valence-corrected chi connectivity index (χ2v) is 6.50. The first kappa shape index (κ1) is 14.6. The van der Waals surface area contributed by atoms with Crippen LogP contribution in [0.5, 0.6) is 0 Å². The molecule has 0 aliphatic rings. The van der Waals surface area contributed by atoms with Gasteiger partial charge in [-0.15, -0.1) is 0 Å². The summed E-state index contributed by atoms with van der Waals surface area (Å²) in [5.41, 5.74) is -0.153. The molecular formula is C13H28NO+. The molecule has 0 unspecified atom stereocenters. The molecule has 0 bridgehead atoms. The van der Waals surface area contributed by atoms with Crippen molar-refractivity contribution >= 4 is 5.78 Å². The van der Waals surface area contributed by atoms with Crippen LogP contribution >= 0.6 is 0 Å². The maximum absolute atomic E-state index is 11.6. The number of hydrogen-bond donors (Lipinski definition) is 0. The molecule has 0 heterocycles. The van der Waals surface area contributed by atoms with Crippen molar-refractivity contribution in [1.82, 2.24) is 0 Å². The Bertz CT molecular complexity index is 196. The van der Waals surface area contributed by atoms with E-state index < -0.39 is 0 Å². The lowest BCUT2D eigenvalue weighted by molar-refractivity contribution is -0.870. The Labute approximate surface area is 95.2 Å². The third-order valence-electron chi connectivity index (χ3n) is 2.57. The zero-order chi connectivity index (χ0) is 12.1. The molecule has 0 saturated carbocycles. The maximum Gasteiger partial charge on any atom is 0.138 e. The molecule has 0 aromatic heterocycles. The molecule has 0 amide bonds. The molecule has 0 aliphatic carbocycles. The summed E-state index contributed by atoms with van der Waals surface area (Å²) in [6.45, 7) is 7.20. The minimum atomic E-state index is -0.153. The van der Waals surface area contributed by atoms with Crippen molar-refractivity contribution in [2.45, 2.75) is 46.5 Å². The first-order chi connectivity index (χ1) is 6.63. The van der Waals surface area contributed by atoms with E-state index in [9.17, 15) is 4.79 Å². The highest BCUT2D eigenvalue weighted by Gasteiger charge is 2.20. The number of carbonyl (C=O) groups is 1. The van der Waals surface area contributed by atoms with Crippen LogP contribution in [0.3, 0.4) is 0 Å². The van der Waals surface area contributed by atoms with Crippen molar-refractivity contribution in [3.8, 4) is 0 Å². The zero-order valence-electron chi connectivity index (χ0n) is 11.4. The third-order valence-corrected chi connectivity index (χ3v) is 2.57. The highest BCUT2D eigenvalue weighted by molar-refractivity contribution is 5.83. The predicted octanol–water partition coefficient (Wildman–Crippen LogP) is 2.87. The van der Waals surface area contributed by atoms with Gasteiger partial charge in [0.1, 0.15) is 5.78 Å². The summed E-state index contributed by atoms with van der Waals surface area (Å²) in [7, 11) is 6.63. The summed E-state index contributed by atoms with van der Waals surface area (Å²) in [4.78, 5) is 11.6. The van der Waals surface area contributed by atoms with Gasteiger partial charge in [-0.05, 0) is 19.3 Å². The number of Topliss-reactive ketones (excluding diaryl/α,β-unsaturated/α-hetero) is 1. The number of hydrogen-bond acceptors (Lipinski definition) is 1. The van der Waals surface area contributed by atoms with Crippen molar-refractivity contribution in [1.29, 1.82) is 0 Å². The number of nitrogens with zero attached hydrogens (tertiary/aromatic N) is 1. The second-order valence-electron chi connectivity index (χ2n) is 6.50. The Morgan fingerprint density at radius 1 is 1.00 bits per heavy atom. The topological polar surface area (TPSA) is 17.1 Å². The second kappa shape index (κ2) is 5.64. The summed E-state index contributed by atoms with van der Waals surface area (Å²) >= 11 is 0. The number of ketones is 1. The monoisotopic (exact) mass is 214 g/mol.